The number of aromatic nitrogens is 2. The zero-order chi connectivity index (χ0) is 21.9. The molecule has 0 saturated heterocycles. The lowest BCUT2D eigenvalue weighted by molar-refractivity contribution is 0.391. The molecular weight excluding hydrogens is 418 g/mol. The van der Waals surface area contributed by atoms with Crippen LogP contribution in [0.15, 0.2) is 53.8 Å². The first kappa shape index (κ1) is 21.2. The smallest absolute Gasteiger partial charge is 0.268 e. The predicted octanol–water partition coefficient (Wildman–Crippen LogP) is 2.75. The van der Waals surface area contributed by atoms with E-state index in [-0.39, 0.29) is 12.4 Å². The maximum Gasteiger partial charge on any atom is 0.268 e. The van der Waals surface area contributed by atoms with E-state index in [1.54, 1.807) is 18.2 Å². The van der Waals surface area contributed by atoms with Crippen LogP contribution in [0.4, 0.5) is 20.3 Å². The Morgan fingerprint density at radius 1 is 1.07 bits per heavy atom. The molecule has 3 rings (SSSR count). The van der Waals surface area contributed by atoms with Crippen molar-refractivity contribution in [2.24, 2.45) is 0 Å². The Balaban J connectivity index is 2.14. The third-order valence-electron chi connectivity index (χ3n) is 4.25. The second-order valence-electron chi connectivity index (χ2n) is 6.06. The number of hydrogen-bond donors (Lipinski definition) is 1. The van der Waals surface area contributed by atoms with Crippen LogP contribution in [0.25, 0.3) is 0 Å². The van der Waals surface area contributed by atoms with Crippen molar-refractivity contribution in [3.63, 3.8) is 0 Å². The fraction of sp³-hybridized carbons (Fsp3) is 0.158. The summed E-state index contributed by atoms with van der Waals surface area (Å²) in [6, 6.07) is 7.28. The molecule has 0 saturated carbocycles. The van der Waals surface area contributed by atoms with Gasteiger partial charge >= 0.3 is 0 Å². The summed E-state index contributed by atoms with van der Waals surface area (Å²) >= 11 is 0. The van der Waals surface area contributed by atoms with Crippen LogP contribution in [-0.4, -0.2) is 32.6 Å². The molecule has 0 spiro atoms. The summed E-state index contributed by atoms with van der Waals surface area (Å²) in [4.78, 5) is 6.85. The van der Waals surface area contributed by atoms with Crippen molar-refractivity contribution in [3.8, 4) is 11.5 Å². The fourth-order valence-corrected chi connectivity index (χ4v) is 4.18. The molecule has 2 aromatic carbocycles. The monoisotopic (exact) mass is 436 g/mol. The summed E-state index contributed by atoms with van der Waals surface area (Å²) in [6.45, 7) is -0.280. The van der Waals surface area contributed by atoms with E-state index in [0.717, 1.165) is 10.6 Å². The van der Waals surface area contributed by atoms with E-state index in [0.29, 0.717) is 29.2 Å². The first-order valence-corrected chi connectivity index (χ1v) is 9.96. The Labute approximate surface area is 171 Å². The molecule has 2 N–H and O–H groups in total. The van der Waals surface area contributed by atoms with Crippen LogP contribution in [0.3, 0.4) is 0 Å². The van der Waals surface area contributed by atoms with E-state index in [1.807, 2.05) is 0 Å². The Kier molecular flexibility index (Phi) is 6.01. The van der Waals surface area contributed by atoms with Crippen molar-refractivity contribution in [1.82, 2.24) is 9.97 Å². The summed E-state index contributed by atoms with van der Waals surface area (Å²) in [5.74, 6) is -1.44. The Morgan fingerprint density at radius 3 is 2.47 bits per heavy atom. The highest BCUT2D eigenvalue weighted by Crippen LogP contribution is 2.31. The third kappa shape index (κ3) is 4.10. The van der Waals surface area contributed by atoms with Gasteiger partial charge in [0.25, 0.3) is 10.0 Å². The summed E-state index contributed by atoms with van der Waals surface area (Å²) in [5.41, 5.74) is 5.27. The zero-order valence-electron chi connectivity index (χ0n) is 16.0. The largest absolute Gasteiger partial charge is 0.497 e. The molecule has 0 unspecified atom stereocenters. The number of anilines is 2. The lowest BCUT2D eigenvalue weighted by Gasteiger charge is -2.24. The molecule has 0 aliphatic rings. The first-order valence-electron chi connectivity index (χ1n) is 8.52. The molecule has 0 radical (unpaired) electrons. The topological polar surface area (TPSA) is 108 Å². The van der Waals surface area contributed by atoms with E-state index in [9.17, 15) is 17.2 Å². The van der Waals surface area contributed by atoms with Crippen molar-refractivity contribution in [1.29, 1.82) is 0 Å². The molecule has 1 aromatic heterocycles. The molecule has 158 valence electrons. The maximum atomic E-state index is 14.5. The predicted molar refractivity (Wildman–Crippen MR) is 106 cm³/mol. The minimum Gasteiger partial charge on any atom is -0.497 e. The fourth-order valence-electron chi connectivity index (χ4n) is 2.72. The van der Waals surface area contributed by atoms with Crippen molar-refractivity contribution in [3.05, 3.63) is 66.1 Å². The van der Waals surface area contributed by atoms with Crippen LogP contribution in [0.2, 0.25) is 0 Å². The summed E-state index contributed by atoms with van der Waals surface area (Å²) in [5, 5.41) is 0. The summed E-state index contributed by atoms with van der Waals surface area (Å²) < 4.78 is 66.3. The van der Waals surface area contributed by atoms with Crippen LogP contribution in [0.5, 0.6) is 11.5 Å². The number of sulfonamides is 1. The molecule has 3 aromatic rings. The molecule has 0 atom stereocenters. The van der Waals surface area contributed by atoms with Gasteiger partial charge in [-0.3, -0.25) is 0 Å². The van der Waals surface area contributed by atoms with Gasteiger partial charge in [0.15, 0.2) is 0 Å². The molecule has 8 nitrogen and oxygen atoms in total. The average molecular weight is 436 g/mol. The number of nitrogens with zero attached hydrogens (tertiary/aromatic N) is 3. The molecule has 0 aliphatic carbocycles. The average Bonchev–Trinajstić information content (AvgIpc) is 2.74. The molecule has 30 heavy (non-hydrogen) atoms. The second kappa shape index (κ2) is 8.49. The van der Waals surface area contributed by atoms with Crippen molar-refractivity contribution in [2.75, 3.05) is 24.3 Å². The van der Waals surface area contributed by atoms with E-state index in [1.165, 1.54) is 26.5 Å². The van der Waals surface area contributed by atoms with Gasteiger partial charge in [-0.1, -0.05) is 0 Å². The van der Waals surface area contributed by atoms with Crippen LogP contribution in [-0.2, 0) is 16.6 Å². The minimum atomic E-state index is -4.58. The quantitative estimate of drug-likeness (QED) is 0.568. The van der Waals surface area contributed by atoms with Crippen molar-refractivity contribution < 1.29 is 26.7 Å². The lowest BCUT2D eigenvalue weighted by Crippen LogP contribution is -2.32. The number of nitrogen functional groups attached to an aromatic ring is 1. The lowest BCUT2D eigenvalue weighted by atomic mass is 10.2. The van der Waals surface area contributed by atoms with Crippen LogP contribution < -0.4 is 19.5 Å². The van der Waals surface area contributed by atoms with Crippen LogP contribution >= 0.6 is 0 Å². The molecule has 0 fully saturated rings. The van der Waals surface area contributed by atoms with Gasteiger partial charge in [-0.05, 0) is 18.2 Å². The van der Waals surface area contributed by atoms with Crippen LogP contribution in [0, 0.1) is 11.6 Å². The molecule has 0 amide bonds. The molecule has 1 heterocycles. The first-order chi connectivity index (χ1) is 14.3. The summed E-state index contributed by atoms with van der Waals surface area (Å²) in [7, 11) is -1.69. The van der Waals surface area contributed by atoms with E-state index in [4.69, 9.17) is 15.2 Å². The van der Waals surface area contributed by atoms with Crippen molar-refractivity contribution in [2.45, 2.75) is 11.4 Å². The second-order valence-corrected chi connectivity index (χ2v) is 7.89. The Bertz CT molecular complexity index is 1160. The normalized spacial score (nSPS) is 11.2. The van der Waals surface area contributed by atoms with E-state index >= 15 is 0 Å². The van der Waals surface area contributed by atoms with Gasteiger partial charge in [0.1, 0.15) is 40.2 Å². The van der Waals surface area contributed by atoms with Crippen LogP contribution in [0.1, 0.15) is 5.56 Å². The van der Waals surface area contributed by atoms with Gasteiger partial charge in [0.05, 0.1) is 26.5 Å². The number of hydrogen-bond acceptors (Lipinski definition) is 7. The highest BCUT2D eigenvalue weighted by molar-refractivity contribution is 7.92. The molecule has 0 bridgehead atoms. The highest BCUT2D eigenvalue weighted by atomic mass is 32.2. The SMILES string of the molecule is COc1ccc(CN(c2ccncn2)S(=O)(=O)c2cc(F)c(N)cc2F)c(OC)c1. The number of methoxy groups -OCH3 is 2. The van der Waals surface area contributed by atoms with Gasteiger partial charge in [-0.2, -0.15) is 0 Å². The number of benzene rings is 2. The summed E-state index contributed by atoms with van der Waals surface area (Å²) in [6.07, 6.45) is 2.47. The van der Waals surface area contributed by atoms with Gasteiger partial charge < -0.3 is 15.2 Å². The molecule has 11 heteroatoms. The minimum absolute atomic E-state index is 0.0421. The number of ether oxygens (including phenoxy) is 2. The van der Waals surface area contributed by atoms with Gasteiger partial charge in [0, 0.05) is 30.0 Å². The van der Waals surface area contributed by atoms with Gasteiger partial charge in [0.2, 0.25) is 0 Å². The van der Waals surface area contributed by atoms with Crippen molar-refractivity contribution >= 4 is 21.5 Å². The molecular formula is C19H18F2N4O4S. The standard InChI is InChI=1S/C19H18F2N4O4S/c1-28-13-4-3-12(17(7-13)29-2)10-25(19-5-6-23-11-24-19)30(26,27)18-9-14(20)16(22)8-15(18)21/h3-9,11H,10,22H2,1-2H3. The van der Waals surface area contributed by atoms with E-state index < -0.39 is 32.2 Å². The van der Waals surface area contributed by atoms with Gasteiger partial charge in [-0.15, -0.1) is 0 Å². The number of halogens is 2. The zero-order valence-corrected chi connectivity index (χ0v) is 16.9. The maximum absolute atomic E-state index is 14.5. The Morgan fingerprint density at radius 2 is 1.83 bits per heavy atom. The third-order valence-corrected chi connectivity index (χ3v) is 6.01. The van der Waals surface area contributed by atoms with Gasteiger partial charge in [-0.25, -0.2) is 31.5 Å². The highest BCUT2D eigenvalue weighted by Gasteiger charge is 2.31. The molecule has 0 aliphatic heterocycles. The van der Waals surface area contributed by atoms with E-state index in [2.05, 4.69) is 9.97 Å². The Hall–Kier alpha value is -3.47. The number of rotatable bonds is 7. The number of nitrogens with two attached hydrogens (primary N) is 1.